The van der Waals surface area contributed by atoms with Crippen LogP contribution in [0.3, 0.4) is 0 Å². The molecule has 6 nitrogen and oxygen atoms in total. The van der Waals surface area contributed by atoms with Gasteiger partial charge < -0.3 is 15.2 Å². The highest BCUT2D eigenvalue weighted by Crippen LogP contribution is 2.37. The van der Waals surface area contributed by atoms with Gasteiger partial charge in [-0.05, 0) is 13.0 Å². The maximum Gasteiger partial charge on any atom is 0.397 e. The topological polar surface area (TPSA) is 79.4 Å². The summed E-state index contributed by atoms with van der Waals surface area (Å²) in [5.41, 5.74) is 4.75. The Hall–Kier alpha value is -1.55. The van der Waals surface area contributed by atoms with Crippen molar-refractivity contribution < 1.29 is 27.4 Å². The van der Waals surface area contributed by atoms with Gasteiger partial charge in [-0.1, -0.05) is 19.6 Å². The third kappa shape index (κ3) is 5.23. The first kappa shape index (κ1) is 20.5. The van der Waals surface area contributed by atoms with Crippen molar-refractivity contribution in [1.29, 1.82) is 0 Å². The van der Waals surface area contributed by atoms with Gasteiger partial charge in [-0.2, -0.15) is 18.3 Å². The number of anilines is 1. The number of methoxy groups -OCH3 is 1. The van der Waals surface area contributed by atoms with Crippen molar-refractivity contribution in [2.24, 2.45) is 0 Å². The molecule has 1 aromatic heterocycles. The van der Waals surface area contributed by atoms with E-state index in [0.717, 1.165) is 24.8 Å². The number of hydrogen-bond acceptors (Lipinski definition) is 5. The molecular formula is C14H24F3N3O3Si. The van der Waals surface area contributed by atoms with Crippen molar-refractivity contribution in [3.63, 3.8) is 0 Å². The Bertz CT molecular complexity index is 582. The van der Waals surface area contributed by atoms with E-state index >= 15 is 0 Å². The number of halogens is 3. The molecule has 2 N–H and O–H groups in total. The zero-order valence-electron chi connectivity index (χ0n) is 14.5. The molecule has 0 fully saturated rings. The summed E-state index contributed by atoms with van der Waals surface area (Å²) in [6, 6.07) is 0.878. The van der Waals surface area contributed by atoms with Crippen LogP contribution in [-0.2, 0) is 16.2 Å². The van der Waals surface area contributed by atoms with Gasteiger partial charge in [0.05, 0.1) is 24.4 Å². The van der Waals surface area contributed by atoms with Crippen molar-refractivity contribution in [3.05, 3.63) is 11.4 Å². The second kappa shape index (κ2) is 7.56. The summed E-state index contributed by atoms with van der Waals surface area (Å²) in [5.74, 6) is -2.75. The first-order chi connectivity index (χ1) is 10.9. The van der Waals surface area contributed by atoms with Crippen LogP contribution in [0, 0.1) is 0 Å². The quantitative estimate of drug-likeness (QED) is 0.455. The second-order valence-electron chi connectivity index (χ2n) is 6.75. The maximum absolute atomic E-state index is 12.9. The van der Waals surface area contributed by atoms with Crippen molar-refractivity contribution in [2.45, 2.75) is 51.4 Å². The number of nitrogens with two attached hydrogens (primary N) is 1. The van der Waals surface area contributed by atoms with Gasteiger partial charge in [-0.3, -0.25) is 0 Å². The van der Waals surface area contributed by atoms with E-state index in [1.165, 1.54) is 0 Å². The Labute approximate surface area is 140 Å². The van der Waals surface area contributed by atoms with Gasteiger partial charge in [-0.25, -0.2) is 9.48 Å². The fourth-order valence-corrected chi connectivity index (χ4v) is 2.66. The Balaban J connectivity index is 3.03. The molecule has 24 heavy (non-hydrogen) atoms. The minimum Gasteiger partial charge on any atom is -0.464 e. The summed E-state index contributed by atoms with van der Waals surface area (Å²) < 4.78 is 49.9. The number of aromatic nitrogens is 2. The van der Waals surface area contributed by atoms with E-state index in [0.29, 0.717) is 6.61 Å². The van der Waals surface area contributed by atoms with Crippen LogP contribution in [0.2, 0.25) is 25.7 Å². The Morgan fingerprint density at radius 1 is 1.38 bits per heavy atom. The highest BCUT2D eigenvalue weighted by Gasteiger charge is 2.41. The number of esters is 1. The number of hydrogen-bond donors (Lipinski definition) is 1. The summed E-state index contributed by atoms with van der Waals surface area (Å²) in [5, 5.41) is 3.84. The molecule has 0 radical (unpaired) electrons. The Morgan fingerprint density at radius 2 is 1.96 bits per heavy atom. The largest absolute Gasteiger partial charge is 0.464 e. The molecular weight excluding hydrogens is 343 g/mol. The molecule has 1 atom stereocenters. The van der Waals surface area contributed by atoms with Gasteiger partial charge in [0.2, 0.25) is 0 Å². The second-order valence-corrected chi connectivity index (χ2v) is 12.4. The average Bonchev–Trinajstić information content (AvgIpc) is 2.76. The number of nitrogens with zero attached hydrogens (tertiary/aromatic N) is 2. The van der Waals surface area contributed by atoms with Crippen molar-refractivity contribution in [1.82, 2.24) is 9.78 Å². The van der Waals surface area contributed by atoms with Crippen LogP contribution in [-0.4, -0.2) is 43.7 Å². The molecule has 10 heteroatoms. The predicted octanol–water partition coefficient (Wildman–Crippen LogP) is 3.23. The normalized spacial score (nSPS) is 13.8. The molecule has 0 aliphatic heterocycles. The molecule has 0 aliphatic rings. The van der Waals surface area contributed by atoms with E-state index in [-0.39, 0.29) is 18.1 Å². The number of rotatable bonds is 7. The summed E-state index contributed by atoms with van der Waals surface area (Å²) in [4.78, 5) is 11.8. The fourth-order valence-electron chi connectivity index (χ4n) is 1.90. The molecule has 138 valence electrons. The molecule has 0 saturated heterocycles. The van der Waals surface area contributed by atoms with Gasteiger partial charge >= 0.3 is 12.1 Å². The van der Waals surface area contributed by atoms with Crippen LogP contribution in [0.25, 0.3) is 0 Å². The molecule has 1 aromatic rings. The molecule has 0 saturated carbocycles. The number of ether oxygens (including phenoxy) is 2. The molecule has 0 aromatic carbocycles. The molecule has 0 amide bonds. The SMILES string of the molecule is COC(=O)c1c(N)c(C(C)C(F)(F)F)nn1COCC[Si](C)(C)C. The van der Waals surface area contributed by atoms with Crippen molar-refractivity contribution >= 4 is 19.7 Å². The minimum atomic E-state index is -4.51. The zero-order valence-corrected chi connectivity index (χ0v) is 15.5. The molecule has 1 unspecified atom stereocenters. The van der Waals surface area contributed by atoms with Gasteiger partial charge in [0, 0.05) is 14.7 Å². The Kier molecular flexibility index (Phi) is 6.45. The first-order valence-corrected chi connectivity index (χ1v) is 11.2. The van der Waals surface area contributed by atoms with Crippen LogP contribution in [0.5, 0.6) is 0 Å². The van der Waals surface area contributed by atoms with E-state index in [1.54, 1.807) is 0 Å². The highest BCUT2D eigenvalue weighted by molar-refractivity contribution is 6.76. The number of alkyl halides is 3. The van der Waals surface area contributed by atoms with E-state index in [9.17, 15) is 18.0 Å². The summed E-state index contributed by atoms with van der Waals surface area (Å²) in [6.07, 6.45) is -4.51. The molecule has 0 spiro atoms. The summed E-state index contributed by atoms with van der Waals surface area (Å²) >= 11 is 0. The van der Waals surface area contributed by atoms with Gasteiger partial charge in [-0.15, -0.1) is 0 Å². The lowest BCUT2D eigenvalue weighted by molar-refractivity contribution is -0.147. The molecule has 0 bridgehead atoms. The van der Waals surface area contributed by atoms with Crippen LogP contribution in [0.4, 0.5) is 18.9 Å². The zero-order chi connectivity index (χ0) is 18.7. The third-order valence-electron chi connectivity index (χ3n) is 3.51. The monoisotopic (exact) mass is 367 g/mol. The number of carbonyl (C=O) groups excluding carboxylic acids is 1. The first-order valence-electron chi connectivity index (χ1n) is 7.47. The van der Waals surface area contributed by atoms with E-state index in [2.05, 4.69) is 29.5 Å². The lowest BCUT2D eigenvalue weighted by Gasteiger charge is -2.15. The summed E-state index contributed by atoms with van der Waals surface area (Å²) in [7, 11) is -0.183. The molecule has 1 heterocycles. The minimum absolute atomic E-state index is 0.163. The smallest absolute Gasteiger partial charge is 0.397 e. The van der Waals surface area contributed by atoms with Crippen molar-refractivity contribution in [2.75, 3.05) is 19.5 Å². The number of carbonyl (C=O) groups is 1. The maximum atomic E-state index is 12.9. The van der Waals surface area contributed by atoms with E-state index < -0.39 is 31.8 Å². The molecule has 1 rings (SSSR count). The lowest BCUT2D eigenvalue weighted by Crippen LogP contribution is -2.23. The van der Waals surface area contributed by atoms with Crippen molar-refractivity contribution in [3.8, 4) is 0 Å². The van der Waals surface area contributed by atoms with Gasteiger partial charge in [0.1, 0.15) is 6.73 Å². The predicted molar refractivity (Wildman–Crippen MR) is 86.6 cm³/mol. The summed E-state index contributed by atoms with van der Waals surface area (Å²) in [6.45, 7) is 7.72. The van der Waals surface area contributed by atoms with Gasteiger partial charge in [0.25, 0.3) is 0 Å². The van der Waals surface area contributed by atoms with E-state index in [1.807, 2.05) is 0 Å². The highest BCUT2D eigenvalue weighted by atomic mass is 28.3. The fraction of sp³-hybridized carbons (Fsp3) is 0.714. The van der Waals surface area contributed by atoms with Crippen LogP contribution in [0.1, 0.15) is 29.0 Å². The van der Waals surface area contributed by atoms with Crippen LogP contribution >= 0.6 is 0 Å². The third-order valence-corrected chi connectivity index (χ3v) is 5.21. The van der Waals surface area contributed by atoms with Gasteiger partial charge in [0.15, 0.2) is 5.69 Å². The van der Waals surface area contributed by atoms with E-state index in [4.69, 9.17) is 10.5 Å². The van der Waals surface area contributed by atoms with Crippen LogP contribution in [0.15, 0.2) is 0 Å². The standard InChI is InChI=1S/C14H24F3N3O3Si/c1-9(14(15,16)17)11-10(18)12(13(21)22-2)20(19-11)8-23-6-7-24(3,4)5/h9H,6-8,18H2,1-5H3. The lowest BCUT2D eigenvalue weighted by atomic mass is 10.1. The number of nitrogen functional groups attached to an aromatic ring is 1. The Morgan fingerprint density at radius 3 is 2.42 bits per heavy atom. The van der Waals surface area contributed by atoms with Crippen LogP contribution < -0.4 is 5.73 Å². The molecule has 0 aliphatic carbocycles. The average molecular weight is 367 g/mol.